The van der Waals surface area contributed by atoms with E-state index in [0.717, 1.165) is 12.8 Å². The first-order valence-corrected chi connectivity index (χ1v) is 13.9. The summed E-state index contributed by atoms with van der Waals surface area (Å²) in [6.45, 7) is 3.76. The minimum atomic E-state index is -3.86. The molecule has 2 aliphatic rings. The molecule has 0 unspecified atom stereocenters. The maximum Gasteiger partial charge on any atom is 0.261 e. The fraction of sp³-hybridized carbons (Fsp3) is 0.560. The van der Waals surface area contributed by atoms with Crippen LogP contribution >= 0.6 is 0 Å². The Hall–Kier alpha value is -2.96. The maximum absolute atomic E-state index is 13.3. The lowest BCUT2D eigenvalue weighted by molar-refractivity contribution is -0.134. The normalized spacial score (nSPS) is 21.5. The molecule has 3 atom stereocenters. The number of aliphatic hydroxyl groups is 1. The number of sulfonamides is 1. The maximum atomic E-state index is 13.3. The van der Waals surface area contributed by atoms with Gasteiger partial charge >= 0.3 is 0 Å². The summed E-state index contributed by atoms with van der Waals surface area (Å²) in [6.07, 6.45) is 4.04. The summed E-state index contributed by atoms with van der Waals surface area (Å²) in [4.78, 5) is 31.2. The molecular weight excluding hydrogens is 498 g/mol. The van der Waals surface area contributed by atoms with Gasteiger partial charge in [0.05, 0.1) is 31.9 Å². The van der Waals surface area contributed by atoms with E-state index in [-0.39, 0.29) is 54.8 Å². The molecule has 1 aromatic carbocycles. The van der Waals surface area contributed by atoms with Crippen molar-refractivity contribution in [2.45, 2.75) is 50.3 Å². The zero-order chi connectivity index (χ0) is 26.9. The summed E-state index contributed by atoms with van der Waals surface area (Å²) < 4.78 is 35.4. The van der Waals surface area contributed by atoms with Gasteiger partial charge in [-0.3, -0.25) is 9.59 Å². The molecule has 1 aromatic heterocycles. The van der Waals surface area contributed by atoms with E-state index < -0.39 is 22.2 Å². The monoisotopic (exact) mass is 533 g/mol. The predicted molar refractivity (Wildman–Crippen MR) is 136 cm³/mol. The molecule has 202 valence electrons. The highest BCUT2D eigenvalue weighted by Crippen LogP contribution is 2.32. The summed E-state index contributed by atoms with van der Waals surface area (Å²) in [7, 11) is -0.691. The quantitative estimate of drug-likeness (QED) is 0.521. The number of ether oxygens (including phenoxy) is 1. The molecular formula is C25H35N5O6S. The van der Waals surface area contributed by atoms with Gasteiger partial charge in [-0.15, -0.1) is 0 Å². The molecule has 0 saturated heterocycles. The standard InChI is InChI=1S/C25H35N5O6S/c1-16-11-30(17(2)14-31)24(32)10-19-9-20(27-25(33)18-5-6-18)7-8-21(19)36-22(16)12-29(4)37(34,35)23-13-28(3)15-26-23/h7-9,13,15-18,22,31H,5-6,10-12,14H2,1-4H3,(H,27,33)/t16-,17+,22+/m0/s1. The summed E-state index contributed by atoms with van der Waals surface area (Å²) >= 11 is 0. The second kappa shape index (κ2) is 10.8. The van der Waals surface area contributed by atoms with E-state index in [1.165, 1.54) is 23.9 Å². The fourth-order valence-electron chi connectivity index (χ4n) is 4.35. The fourth-order valence-corrected chi connectivity index (χ4v) is 5.49. The van der Waals surface area contributed by atoms with Crippen molar-refractivity contribution in [2.24, 2.45) is 18.9 Å². The average molecular weight is 534 g/mol. The first kappa shape index (κ1) is 27.1. The smallest absolute Gasteiger partial charge is 0.261 e. The van der Waals surface area contributed by atoms with Gasteiger partial charge < -0.3 is 24.6 Å². The van der Waals surface area contributed by atoms with Gasteiger partial charge in [-0.25, -0.2) is 13.4 Å². The number of benzene rings is 1. The van der Waals surface area contributed by atoms with Crippen molar-refractivity contribution in [3.05, 3.63) is 36.3 Å². The Bertz CT molecular complexity index is 1260. The van der Waals surface area contributed by atoms with Gasteiger partial charge in [0.15, 0.2) is 5.03 Å². The molecule has 11 nitrogen and oxygen atoms in total. The highest BCUT2D eigenvalue weighted by molar-refractivity contribution is 7.89. The van der Waals surface area contributed by atoms with Crippen LogP contribution in [-0.4, -0.2) is 83.0 Å². The number of aryl methyl sites for hydroxylation is 1. The minimum Gasteiger partial charge on any atom is -0.488 e. The van der Waals surface area contributed by atoms with Crippen LogP contribution < -0.4 is 10.1 Å². The third-order valence-corrected chi connectivity index (χ3v) is 8.63. The summed E-state index contributed by atoms with van der Waals surface area (Å²) in [5.41, 5.74) is 1.16. The van der Waals surface area contributed by atoms with E-state index in [2.05, 4.69) is 10.3 Å². The molecule has 1 fully saturated rings. The number of hydrogen-bond acceptors (Lipinski definition) is 7. The summed E-state index contributed by atoms with van der Waals surface area (Å²) in [6, 6.07) is 4.75. The second-order valence-corrected chi connectivity index (χ2v) is 12.1. The first-order valence-electron chi connectivity index (χ1n) is 12.4. The Morgan fingerprint density at radius 1 is 1.35 bits per heavy atom. The largest absolute Gasteiger partial charge is 0.488 e. The topological polar surface area (TPSA) is 134 Å². The van der Waals surface area contributed by atoms with Crippen molar-refractivity contribution in [1.82, 2.24) is 18.8 Å². The van der Waals surface area contributed by atoms with E-state index >= 15 is 0 Å². The number of imidazole rings is 1. The van der Waals surface area contributed by atoms with Gasteiger partial charge in [-0.2, -0.15) is 4.31 Å². The number of carbonyl (C=O) groups excluding carboxylic acids is 2. The van der Waals surface area contributed by atoms with E-state index in [1.54, 1.807) is 41.6 Å². The van der Waals surface area contributed by atoms with E-state index in [0.29, 0.717) is 17.0 Å². The minimum absolute atomic E-state index is 0.0221. The number of carbonyl (C=O) groups is 2. The van der Waals surface area contributed by atoms with Crippen LogP contribution in [0, 0.1) is 11.8 Å². The number of aliphatic hydroxyl groups excluding tert-OH is 1. The number of fused-ring (bicyclic) bond motifs is 1. The van der Waals surface area contributed by atoms with E-state index in [9.17, 15) is 23.1 Å². The van der Waals surface area contributed by atoms with Crippen LogP contribution in [0.3, 0.4) is 0 Å². The molecule has 0 bridgehead atoms. The number of aromatic nitrogens is 2. The average Bonchev–Trinajstić information content (AvgIpc) is 3.61. The molecule has 2 N–H and O–H groups in total. The molecule has 2 aromatic rings. The van der Waals surface area contributed by atoms with Crippen LogP contribution in [0.4, 0.5) is 5.69 Å². The zero-order valence-electron chi connectivity index (χ0n) is 21.6. The number of nitrogens with one attached hydrogen (secondary N) is 1. The van der Waals surface area contributed by atoms with Crippen molar-refractivity contribution >= 4 is 27.5 Å². The summed E-state index contributed by atoms with van der Waals surface area (Å²) in [5, 5.41) is 12.6. The van der Waals surface area contributed by atoms with Crippen LogP contribution in [0.2, 0.25) is 0 Å². The van der Waals surface area contributed by atoms with Crippen molar-refractivity contribution in [1.29, 1.82) is 0 Å². The molecule has 0 spiro atoms. The number of amides is 2. The van der Waals surface area contributed by atoms with Gasteiger partial charge in [0.1, 0.15) is 11.9 Å². The third kappa shape index (κ3) is 6.13. The molecule has 2 amide bonds. The first-order chi connectivity index (χ1) is 17.5. The highest BCUT2D eigenvalue weighted by atomic mass is 32.2. The molecule has 1 aliphatic heterocycles. The molecule has 2 heterocycles. The molecule has 1 aliphatic carbocycles. The Balaban J connectivity index is 1.64. The van der Waals surface area contributed by atoms with Crippen LogP contribution in [0.1, 0.15) is 32.3 Å². The molecule has 37 heavy (non-hydrogen) atoms. The van der Waals surface area contributed by atoms with Crippen LogP contribution in [0.15, 0.2) is 35.7 Å². The highest BCUT2D eigenvalue weighted by Gasteiger charge is 2.34. The number of rotatable bonds is 8. The molecule has 4 rings (SSSR count). The Kier molecular flexibility index (Phi) is 7.91. The van der Waals surface area contributed by atoms with Crippen molar-refractivity contribution in [3.8, 4) is 5.75 Å². The van der Waals surface area contributed by atoms with Gasteiger partial charge in [0.25, 0.3) is 10.0 Å². The Morgan fingerprint density at radius 3 is 2.70 bits per heavy atom. The Labute approximate surface area is 217 Å². The number of nitrogens with zero attached hydrogens (tertiary/aromatic N) is 4. The zero-order valence-corrected chi connectivity index (χ0v) is 22.4. The van der Waals surface area contributed by atoms with E-state index in [1.807, 2.05) is 6.92 Å². The number of likely N-dealkylation sites (N-methyl/N-ethyl adjacent to an activating group) is 1. The van der Waals surface area contributed by atoms with Crippen molar-refractivity contribution in [2.75, 3.05) is 32.1 Å². The second-order valence-electron chi connectivity index (χ2n) is 10.1. The number of anilines is 1. The van der Waals surface area contributed by atoms with E-state index in [4.69, 9.17) is 4.74 Å². The molecule has 0 radical (unpaired) electrons. The van der Waals surface area contributed by atoms with Crippen molar-refractivity contribution in [3.63, 3.8) is 0 Å². The molecule has 12 heteroatoms. The van der Waals surface area contributed by atoms with Gasteiger partial charge in [-0.1, -0.05) is 6.92 Å². The van der Waals surface area contributed by atoms with Crippen molar-refractivity contribution < 1.29 is 27.9 Å². The SMILES string of the molecule is C[C@H](CO)N1C[C@H](C)[C@@H](CN(C)S(=O)(=O)c2cn(C)cn2)Oc2ccc(NC(=O)C3CC3)cc2CC1=O. The lowest BCUT2D eigenvalue weighted by atomic mass is 10.0. The lowest BCUT2D eigenvalue weighted by Crippen LogP contribution is -2.48. The van der Waals surface area contributed by atoms with Crippen LogP contribution in [-0.2, 0) is 33.1 Å². The van der Waals surface area contributed by atoms with Gasteiger partial charge in [0.2, 0.25) is 11.8 Å². The lowest BCUT2D eigenvalue weighted by Gasteiger charge is -2.33. The molecule has 1 saturated carbocycles. The third-order valence-electron chi connectivity index (χ3n) is 6.93. The Morgan fingerprint density at radius 2 is 2.08 bits per heavy atom. The predicted octanol–water partition coefficient (Wildman–Crippen LogP) is 1.24. The van der Waals surface area contributed by atoms with Crippen LogP contribution in [0.25, 0.3) is 0 Å². The van der Waals surface area contributed by atoms with Gasteiger partial charge in [0, 0.05) is 49.9 Å². The number of hydrogen-bond donors (Lipinski definition) is 2. The van der Waals surface area contributed by atoms with Crippen LogP contribution in [0.5, 0.6) is 5.75 Å². The summed E-state index contributed by atoms with van der Waals surface area (Å²) in [5.74, 6) is -0.000217. The van der Waals surface area contributed by atoms with Gasteiger partial charge in [-0.05, 0) is 38.0 Å².